The summed E-state index contributed by atoms with van der Waals surface area (Å²) in [6, 6.07) is 19.9. The zero-order chi connectivity index (χ0) is 25.0. The van der Waals surface area contributed by atoms with Gasteiger partial charge in [-0.25, -0.2) is 14.3 Å². The van der Waals surface area contributed by atoms with Crippen molar-refractivity contribution in [2.24, 2.45) is 0 Å². The summed E-state index contributed by atoms with van der Waals surface area (Å²) in [5, 5.41) is 1.66. The number of hydrogen-bond donors (Lipinski definition) is 1. The molecule has 0 saturated carbocycles. The number of pyridine rings is 1. The molecule has 0 radical (unpaired) electrons. The van der Waals surface area contributed by atoms with Gasteiger partial charge < -0.3 is 4.98 Å². The van der Waals surface area contributed by atoms with Crippen molar-refractivity contribution in [3.63, 3.8) is 0 Å². The van der Waals surface area contributed by atoms with Crippen LogP contribution in [0.4, 0.5) is 5.69 Å². The standard InChI is InChI=1S/C27H15ClN4O4/c28-17-8-5-7-15(12-17)22-23(32-24(33)19-10-3-4-11-20(19)25(32)34)26(35)31(27(36)30-22)21-14-29-13-16-6-1-2-9-18(16)21/h1-14H,(H,30,36). The van der Waals surface area contributed by atoms with E-state index in [0.29, 0.717) is 21.4 Å². The quantitative estimate of drug-likeness (QED) is 0.378. The van der Waals surface area contributed by atoms with Crippen LogP contribution in [0.5, 0.6) is 0 Å². The average Bonchev–Trinajstić information content (AvgIpc) is 3.14. The van der Waals surface area contributed by atoms with E-state index in [4.69, 9.17) is 11.6 Å². The Morgan fingerprint density at radius 2 is 1.47 bits per heavy atom. The number of nitrogens with zero attached hydrogens (tertiary/aromatic N) is 3. The molecule has 1 aliphatic heterocycles. The first-order valence-corrected chi connectivity index (χ1v) is 11.3. The molecule has 0 atom stereocenters. The fraction of sp³-hybridized carbons (Fsp3) is 0. The predicted molar refractivity (Wildman–Crippen MR) is 136 cm³/mol. The fourth-order valence-electron chi connectivity index (χ4n) is 4.48. The smallest absolute Gasteiger partial charge is 0.304 e. The summed E-state index contributed by atoms with van der Waals surface area (Å²) in [5.41, 5.74) is -0.953. The van der Waals surface area contributed by atoms with Crippen LogP contribution in [0.1, 0.15) is 20.7 Å². The number of fused-ring (bicyclic) bond motifs is 2. The predicted octanol–water partition coefficient (Wildman–Crippen LogP) is 4.20. The number of hydrogen-bond acceptors (Lipinski definition) is 5. The van der Waals surface area contributed by atoms with E-state index in [2.05, 4.69) is 9.97 Å². The lowest BCUT2D eigenvalue weighted by Crippen LogP contribution is -2.42. The third-order valence-electron chi connectivity index (χ3n) is 6.10. The molecule has 0 bridgehead atoms. The van der Waals surface area contributed by atoms with Gasteiger partial charge >= 0.3 is 5.69 Å². The number of anilines is 1. The first-order chi connectivity index (χ1) is 17.5. The number of rotatable bonds is 3. The van der Waals surface area contributed by atoms with Crippen LogP contribution in [0.2, 0.25) is 5.02 Å². The van der Waals surface area contributed by atoms with Crippen LogP contribution in [0.15, 0.2) is 94.8 Å². The van der Waals surface area contributed by atoms with Crippen molar-refractivity contribution in [1.82, 2.24) is 14.5 Å². The molecular formula is C27H15ClN4O4. The molecule has 174 valence electrons. The lowest BCUT2D eigenvalue weighted by Gasteiger charge is -2.19. The molecule has 5 aromatic rings. The van der Waals surface area contributed by atoms with Crippen LogP contribution in [0.25, 0.3) is 27.7 Å². The highest BCUT2D eigenvalue weighted by molar-refractivity contribution is 6.35. The van der Waals surface area contributed by atoms with Crippen molar-refractivity contribution >= 4 is 39.9 Å². The Kier molecular flexibility index (Phi) is 4.91. The van der Waals surface area contributed by atoms with Gasteiger partial charge in [0.05, 0.1) is 28.7 Å². The van der Waals surface area contributed by atoms with E-state index in [-0.39, 0.29) is 28.2 Å². The maximum absolute atomic E-state index is 14.1. The monoisotopic (exact) mass is 494 g/mol. The Hall–Kier alpha value is -4.82. The number of imide groups is 1. The van der Waals surface area contributed by atoms with Gasteiger partial charge in [0, 0.05) is 27.6 Å². The highest BCUT2D eigenvalue weighted by Gasteiger charge is 2.40. The topological polar surface area (TPSA) is 105 Å². The van der Waals surface area contributed by atoms with Gasteiger partial charge in [0.1, 0.15) is 5.69 Å². The minimum atomic E-state index is -0.846. The molecular weight excluding hydrogens is 480 g/mol. The number of aromatic amines is 1. The number of nitrogens with one attached hydrogen (secondary N) is 1. The summed E-state index contributed by atoms with van der Waals surface area (Å²) in [6.07, 6.45) is 3.01. The van der Waals surface area contributed by atoms with Crippen LogP contribution < -0.4 is 16.1 Å². The summed E-state index contributed by atoms with van der Waals surface area (Å²) in [7, 11) is 0. The first-order valence-electron chi connectivity index (χ1n) is 10.9. The Balaban J connectivity index is 1.70. The third-order valence-corrected chi connectivity index (χ3v) is 6.33. The number of carbonyl (C=O) groups excluding carboxylic acids is 2. The molecule has 9 heteroatoms. The van der Waals surface area contributed by atoms with E-state index < -0.39 is 23.1 Å². The van der Waals surface area contributed by atoms with E-state index in [1.54, 1.807) is 54.7 Å². The number of amides is 2. The summed E-state index contributed by atoms with van der Waals surface area (Å²) in [4.78, 5) is 61.9. The van der Waals surface area contributed by atoms with Crippen LogP contribution in [-0.2, 0) is 0 Å². The van der Waals surface area contributed by atoms with Crippen molar-refractivity contribution < 1.29 is 9.59 Å². The van der Waals surface area contributed by atoms with Crippen molar-refractivity contribution in [1.29, 1.82) is 0 Å². The summed E-state index contributed by atoms with van der Waals surface area (Å²) < 4.78 is 0.891. The molecule has 0 saturated heterocycles. The second kappa shape index (κ2) is 8.14. The van der Waals surface area contributed by atoms with Crippen LogP contribution in [-0.4, -0.2) is 26.3 Å². The summed E-state index contributed by atoms with van der Waals surface area (Å²) in [6.45, 7) is 0. The van der Waals surface area contributed by atoms with E-state index in [1.165, 1.54) is 24.4 Å². The van der Waals surface area contributed by atoms with E-state index >= 15 is 0 Å². The second-order valence-corrected chi connectivity index (χ2v) is 8.61. The number of carbonyl (C=O) groups is 2. The van der Waals surface area contributed by atoms with E-state index in [0.717, 1.165) is 9.47 Å². The van der Waals surface area contributed by atoms with Gasteiger partial charge in [-0.05, 0) is 24.3 Å². The summed E-state index contributed by atoms with van der Waals surface area (Å²) in [5.74, 6) is -1.32. The van der Waals surface area contributed by atoms with Crippen molar-refractivity contribution in [2.75, 3.05) is 4.90 Å². The minimum absolute atomic E-state index is 0.00597. The van der Waals surface area contributed by atoms with E-state index in [1.807, 2.05) is 6.07 Å². The number of benzene rings is 3. The molecule has 1 aliphatic rings. The lowest BCUT2D eigenvalue weighted by atomic mass is 10.1. The molecule has 1 N–H and O–H groups in total. The number of aromatic nitrogens is 3. The Labute approximate surface area is 208 Å². The molecule has 2 aromatic heterocycles. The Bertz CT molecular complexity index is 1820. The van der Waals surface area contributed by atoms with Crippen LogP contribution in [0.3, 0.4) is 0 Å². The molecule has 0 aliphatic carbocycles. The zero-order valence-electron chi connectivity index (χ0n) is 18.4. The number of H-pyrrole nitrogens is 1. The number of halogens is 1. The van der Waals surface area contributed by atoms with Gasteiger partial charge in [0.2, 0.25) is 0 Å². The van der Waals surface area contributed by atoms with Gasteiger partial charge in [0.25, 0.3) is 17.4 Å². The highest BCUT2D eigenvalue weighted by Crippen LogP contribution is 2.33. The van der Waals surface area contributed by atoms with Crippen molar-refractivity contribution in [3.8, 4) is 16.9 Å². The molecule has 6 rings (SSSR count). The molecule has 0 fully saturated rings. The normalized spacial score (nSPS) is 12.9. The molecule has 8 nitrogen and oxygen atoms in total. The van der Waals surface area contributed by atoms with Gasteiger partial charge in [-0.3, -0.25) is 19.4 Å². The van der Waals surface area contributed by atoms with Crippen LogP contribution in [0, 0.1) is 0 Å². The molecule has 0 spiro atoms. The Morgan fingerprint density at radius 3 is 2.19 bits per heavy atom. The van der Waals surface area contributed by atoms with Gasteiger partial charge in [-0.2, -0.15) is 0 Å². The Morgan fingerprint density at radius 1 is 0.778 bits per heavy atom. The van der Waals surface area contributed by atoms with Crippen LogP contribution >= 0.6 is 11.6 Å². The highest BCUT2D eigenvalue weighted by atomic mass is 35.5. The first kappa shape index (κ1) is 21.7. The second-order valence-electron chi connectivity index (χ2n) is 8.18. The van der Waals surface area contributed by atoms with E-state index in [9.17, 15) is 19.2 Å². The maximum Gasteiger partial charge on any atom is 0.333 e. The SMILES string of the molecule is O=C1c2ccccc2C(=O)N1c1c(-c2cccc(Cl)c2)[nH]c(=O)n(-c2cncc3ccccc23)c1=O. The van der Waals surface area contributed by atoms with Crippen molar-refractivity contribution in [3.05, 3.63) is 122 Å². The maximum atomic E-state index is 14.1. The van der Waals surface area contributed by atoms with Gasteiger partial charge in [-0.1, -0.05) is 60.1 Å². The molecule has 3 aromatic carbocycles. The molecule has 2 amide bonds. The minimum Gasteiger partial charge on any atom is -0.304 e. The average molecular weight is 495 g/mol. The largest absolute Gasteiger partial charge is 0.333 e. The molecule has 3 heterocycles. The van der Waals surface area contributed by atoms with Gasteiger partial charge in [0.15, 0.2) is 0 Å². The molecule has 0 unspecified atom stereocenters. The lowest BCUT2D eigenvalue weighted by molar-refractivity contribution is 0.0925. The summed E-state index contributed by atoms with van der Waals surface area (Å²) >= 11 is 6.18. The van der Waals surface area contributed by atoms with Gasteiger partial charge in [-0.15, -0.1) is 0 Å². The van der Waals surface area contributed by atoms with Crippen molar-refractivity contribution in [2.45, 2.75) is 0 Å². The fourth-order valence-corrected chi connectivity index (χ4v) is 4.67. The zero-order valence-corrected chi connectivity index (χ0v) is 19.2. The molecule has 36 heavy (non-hydrogen) atoms. The third kappa shape index (κ3) is 3.19.